The maximum absolute atomic E-state index is 11.5. The summed E-state index contributed by atoms with van der Waals surface area (Å²) in [7, 11) is -5.65. The van der Waals surface area contributed by atoms with Gasteiger partial charge in [-0.1, -0.05) is 0 Å². The van der Waals surface area contributed by atoms with Crippen molar-refractivity contribution >= 4 is 19.7 Å². The second-order valence-electron chi connectivity index (χ2n) is 6.19. The van der Waals surface area contributed by atoms with Crippen LogP contribution in [-0.4, -0.2) is 87.9 Å². The lowest BCUT2D eigenvalue weighted by molar-refractivity contribution is 0.0823. The van der Waals surface area contributed by atoms with E-state index in [4.69, 9.17) is 0 Å². The van der Waals surface area contributed by atoms with Crippen LogP contribution in [0.2, 0.25) is 0 Å². The smallest absolute Gasteiger partial charge is 0.151 e. The zero-order valence-corrected chi connectivity index (χ0v) is 13.2. The number of hydrogen-bond donors (Lipinski definition) is 0. The lowest BCUT2D eigenvalue weighted by atomic mass is 10.1. The summed E-state index contributed by atoms with van der Waals surface area (Å²) in [5.41, 5.74) is 0. The molecule has 0 saturated carbocycles. The molecule has 3 aliphatic rings. The van der Waals surface area contributed by atoms with Crippen LogP contribution >= 0.6 is 0 Å². The van der Waals surface area contributed by atoms with Crippen molar-refractivity contribution in [2.45, 2.75) is 24.9 Å². The van der Waals surface area contributed by atoms with Gasteiger partial charge >= 0.3 is 0 Å². The van der Waals surface area contributed by atoms with Crippen molar-refractivity contribution < 1.29 is 16.8 Å². The van der Waals surface area contributed by atoms with Gasteiger partial charge in [-0.3, -0.25) is 9.80 Å². The molecule has 0 spiro atoms. The fourth-order valence-corrected chi connectivity index (χ4v) is 7.12. The van der Waals surface area contributed by atoms with Gasteiger partial charge < -0.3 is 0 Å². The van der Waals surface area contributed by atoms with E-state index in [1.165, 1.54) is 0 Å². The Kier molecular flexibility index (Phi) is 3.85. The molecule has 3 saturated heterocycles. The first-order chi connectivity index (χ1) is 9.35. The largest absolute Gasteiger partial charge is 0.297 e. The number of nitrogens with zero attached hydrogens (tertiary/aromatic N) is 2. The molecule has 0 aromatic rings. The lowest BCUT2D eigenvalue weighted by Crippen LogP contribution is -2.53. The zero-order chi connectivity index (χ0) is 14.4. The number of rotatable bonds is 2. The van der Waals surface area contributed by atoms with Crippen LogP contribution in [0.1, 0.15) is 12.8 Å². The van der Waals surface area contributed by atoms with Gasteiger partial charge in [0.15, 0.2) is 19.7 Å². The fraction of sp³-hybridized carbons (Fsp3) is 1.00. The molecule has 3 rings (SSSR count). The van der Waals surface area contributed by atoms with E-state index in [2.05, 4.69) is 9.80 Å². The minimum atomic E-state index is -2.82. The van der Waals surface area contributed by atoms with Gasteiger partial charge in [-0.05, 0) is 12.8 Å². The van der Waals surface area contributed by atoms with Crippen molar-refractivity contribution in [3.63, 3.8) is 0 Å². The van der Waals surface area contributed by atoms with E-state index in [1.807, 2.05) is 0 Å². The van der Waals surface area contributed by atoms with Crippen molar-refractivity contribution in [1.29, 1.82) is 0 Å². The first-order valence-electron chi connectivity index (χ1n) is 7.24. The third-order valence-electron chi connectivity index (χ3n) is 4.80. The number of piperazine rings is 1. The van der Waals surface area contributed by atoms with Gasteiger partial charge in [0.05, 0.1) is 23.0 Å². The topological polar surface area (TPSA) is 74.8 Å². The van der Waals surface area contributed by atoms with E-state index in [0.29, 0.717) is 23.0 Å². The van der Waals surface area contributed by atoms with Gasteiger partial charge in [-0.2, -0.15) is 0 Å². The van der Waals surface area contributed by atoms with Gasteiger partial charge in [-0.25, -0.2) is 16.8 Å². The number of hydrogen-bond acceptors (Lipinski definition) is 6. The molecule has 8 heteroatoms. The first-order valence-corrected chi connectivity index (χ1v) is 10.9. The van der Waals surface area contributed by atoms with Crippen LogP contribution in [0.4, 0.5) is 0 Å². The number of sulfone groups is 2. The van der Waals surface area contributed by atoms with Crippen LogP contribution in [0, 0.1) is 0 Å². The van der Waals surface area contributed by atoms with E-state index in [-0.39, 0.29) is 12.1 Å². The Bertz CT molecular complexity index is 512. The van der Waals surface area contributed by atoms with E-state index in [1.54, 1.807) is 0 Å². The van der Waals surface area contributed by atoms with Crippen molar-refractivity contribution in [2.75, 3.05) is 49.2 Å². The van der Waals surface area contributed by atoms with Gasteiger partial charge in [0.2, 0.25) is 0 Å². The summed E-state index contributed by atoms with van der Waals surface area (Å²) < 4.78 is 46.1. The maximum atomic E-state index is 11.5. The lowest BCUT2D eigenvalue weighted by Gasteiger charge is -2.40. The van der Waals surface area contributed by atoms with Crippen molar-refractivity contribution in [1.82, 2.24) is 9.80 Å². The molecule has 0 aromatic carbocycles. The molecule has 20 heavy (non-hydrogen) atoms. The molecule has 0 N–H and O–H groups in total. The molecular weight excluding hydrogens is 300 g/mol. The Morgan fingerprint density at radius 3 is 1.25 bits per heavy atom. The maximum Gasteiger partial charge on any atom is 0.151 e. The summed E-state index contributed by atoms with van der Waals surface area (Å²) in [5, 5.41) is 0. The molecule has 2 atom stereocenters. The van der Waals surface area contributed by atoms with Gasteiger partial charge in [0.25, 0.3) is 0 Å². The summed E-state index contributed by atoms with van der Waals surface area (Å²) in [6.07, 6.45) is 1.50. The Morgan fingerprint density at radius 1 is 0.650 bits per heavy atom. The highest BCUT2D eigenvalue weighted by Gasteiger charge is 2.37. The minimum Gasteiger partial charge on any atom is -0.297 e. The SMILES string of the molecule is O=S1(=O)CC[C@@H](N2CCN([C@H]3CCS(=O)(=O)C3)CC2)C1. The highest BCUT2D eigenvalue weighted by atomic mass is 32.2. The molecule has 0 amide bonds. The predicted molar refractivity (Wildman–Crippen MR) is 77.3 cm³/mol. The molecule has 0 bridgehead atoms. The van der Waals surface area contributed by atoms with Crippen LogP contribution in [0.25, 0.3) is 0 Å². The third kappa shape index (κ3) is 3.18. The van der Waals surface area contributed by atoms with E-state index < -0.39 is 19.7 Å². The predicted octanol–water partition coefficient (Wildman–Crippen LogP) is -1.02. The molecule has 0 unspecified atom stereocenters. The molecule has 6 nitrogen and oxygen atoms in total. The average molecular weight is 322 g/mol. The normalized spacial score (nSPS) is 38.2. The molecule has 0 aromatic heterocycles. The highest BCUT2D eigenvalue weighted by molar-refractivity contribution is 7.91. The highest BCUT2D eigenvalue weighted by Crippen LogP contribution is 2.22. The molecule has 0 radical (unpaired) electrons. The average Bonchev–Trinajstić information content (AvgIpc) is 2.92. The van der Waals surface area contributed by atoms with Crippen molar-refractivity contribution in [3.8, 4) is 0 Å². The molecule has 3 heterocycles. The Balaban J connectivity index is 1.53. The third-order valence-corrected chi connectivity index (χ3v) is 8.30. The van der Waals surface area contributed by atoms with Crippen LogP contribution in [-0.2, 0) is 19.7 Å². The zero-order valence-electron chi connectivity index (χ0n) is 11.6. The Hall–Kier alpha value is -0.180. The fourth-order valence-electron chi connectivity index (χ4n) is 3.59. The van der Waals surface area contributed by atoms with E-state index in [9.17, 15) is 16.8 Å². The summed E-state index contributed by atoms with van der Waals surface area (Å²) in [6, 6.07) is 0.351. The summed E-state index contributed by atoms with van der Waals surface area (Å²) in [4.78, 5) is 4.54. The molecule has 3 fully saturated rings. The van der Waals surface area contributed by atoms with E-state index >= 15 is 0 Å². The quantitative estimate of drug-likeness (QED) is 0.648. The van der Waals surface area contributed by atoms with Crippen LogP contribution in [0.5, 0.6) is 0 Å². The van der Waals surface area contributed by atoms with Crippen molar-refractivity contribution in [3.05, 3.63) is 0 Å². The summed E-state index contributed by atoms with van der Waals surface area (Å²) in [6.45, 7) is 3.43. The summed E-state index contributed by atoms with van der Waals surface area (Å²) >= 11 is 0. The van der Waals surface area contributed by atoms with Gasteiger partial charge in [-0.15, -0.1) is 0 Å². The monoisotopic (exact) mass is 322 g/mol. The van der Waals surface area contributed by atoms with Crippen LogP contribution in [0.3, 0.4) is 0 Å². The standard InChI is InChI=1S/C12H22N2O4S2/c15-19(16)7-1-11(9-19)13-3-5-14(6-4-13)12-2-8-20(17,18)10-12/h11-12H,1-10H2/t11-,12+. The Morgan fingerprint density at radius 2 is 1.00 bits per heavy atom. The van der Waals surface area contributed by atoms with Crippen molar-refractivity contribution in [2.24, 2.45) is 0 Å². The second kappa shape index (κ2) is 5.23. The Labute approximate surface area is 121 Å². The molecule has 3 aliphatic heterocycles. The van der Waals surface area contributed by atoms with Crippen LogP contribution in [0.15, 0.2) is 0 Å². The molecule has 0 aliphatic carbocycles. The van der Waals surface area contributed by atoms with E-state index in [0.717, 1.165) is 39.0 Å². The summed E-state index contributed by atoms with van der Waals surface area (Å²) in [5.74, 6) is 1.23. The van der Waals surface area contributed by atoms with Gasteiger partial charge in [0, 0.05) is 38.3 Å². The minimum absolute atomic E-state index is 0.175. The second-order valence-corrected chi connectivity index (χ2v) is 10.6. The van der Waals surface area contributed by atoms with Gasteiger partial charge in [0.1, 0.15) is 0 Å². The molecular formula is C12H22N2O4S2. The molecule has 116 valence electrons. The van der Waals surface area contributed by atoms with Crippen LogP contribution < -0.4 is 0 Å². The first kappa shape index (κ1) is 14.7.